The highest BCUT2D eigenvalue weighted by molar-refractivity contribution is 5.95. The van der Waals surface area contributed by atoms with Crippen LogP contribution >= 0.6 is 0 Å². The summed E-state index contributed by atoms with van der Waals surface area (Å²) in [5.41, 5.74) is 4.15. The first-order chi connectivity index (χ1) is 17.0. The van der Waals surface area contributed by atoms with E-state index in [4.69, 9.17) is 0 Å². The van der Waals surface area contributed by atoms with Gasteiger partial charge in [0.25, 0.3) is 0 Å². The Morgan fingerprint density at radius 3 is 1.89 bits per heavy atom. The lowest BCUT2D eigenvalue weighted by atomic mass is 9.96. The van der Waals surface area contributed by atoms with Crippen LogP contribution in [0.1, 0.15) is 74.2 Å². The number of aromatic carboxylic acids is 1. The third kappa shape index (κ3) is 8.20. The van der Waals surface area contributed by atoms with Crippen LogP contribution in [0.5, 0.6) is 5.75 Å². The number of rotatable bonds is 14. The Labute approximate surface area is 206 Å². The molecule has 0 atom stereocenters. The van der Waals surface area contributed by atoms with Gasteiger partial charge in [-0.25, -0.2) is 0 Å². The largest absolute Gasteiger partial charge is 0.545 e. The third-order valence-corrected chi connectivity index (χ3v) is 6.24. The summed E-state index contributed by atoms with van der Waals surface area (Å²) in [6.07, 6.45) is 11.5. The number of halogens is 2. The fourth-order valence-electron chi connectivity index (χ4n) is 4.29. The van der Waals surface area contributed by atoms with E-state index in [9.17, 15) is 18.7 Å². The number of carbonyl (C=O) groups is 1. The van der Waals surface area contributed by atoms with Crippen molar-refractivity contribution in [3.8, 4) is 28.0 Å². The molecule has 3 rings (SSSR count). The second-order valence-corrected chi connectivity index (χ2v) is 8.87. The third-order valence-electron chi connectivity index (χ3n) is 6.24. The first-order valence-corrected chi connectivity index (χ1v) is 12.5. The molecule has 0 radical (unpaired) electrons. The zero-order chi connectivity index (χ0) is 25.0. The van der Waals surface area contributed by atoms with Gasteiger partial charge in [0, 0.05) is 5.56 Å². The minimum atomic E-state index is -2.99. The van der Waals surface area contributed by atoms with Gasteiger partial charge in [0.1, 0.15) is 5.75 Å². The van der Waals surface area contributed by atoms with Crippen LogP contribution in [0, 0.1) is 0 Å². The highest BCUT2D eigenvalue weighted by atomic mass is 19.3. The Morgan fingerprint density at radius 1 is 0.771 bits per heavy atom. The van der Waals surface area contributed by atoms with E-state index in [1.807, 2.05) is 12.1 Å². The van der Waals surface area contributed by atoms with E-state index >= 15 is 0 Å². The van der Waals surface area contributed by atoms with Crippen molar-refractivity contribution in [3.05, 3.63) is 77.9 Å². The molecule has 0 fully saturated rings. The molecule has 5 heteroatoms. The van der Waals surface area contributed by atoms with Crippen molar-refractivity contribution in [2.24, 2.45) is 0 Å². The van der Waals surface area contributed by atoms with Gasteiger partial charge in [0.15, 0.2) is 0 Å². The number of ether oxygens (including phenoxy) is 1. The topological polar surface area (TPSA) is 49.4 Å². The Balaban J connectivity index is 1.60. The van der Waals surface area contributed by atoms with Gasteiger partial charge in [-0.15, -0.1) is 0 Å². The second kappa shape index (κ2) is 13.6. The molecule has 186 valence electrons. The van der Waals surface area contributed by atoms with Crippen LogP contribution < -0.4 is 9.84 Å². The molecular weight excluding hydrogens is 446 g/mol. The van der Waals surface area contributed by atoms with Crippen LogP contribution in [0.3, 0.4) is 0 Å². The minimum Gasteiger partial charge on any atom is -0.545 e. The standard InChI is InChI=1S/C30H34F2O3/c1-2-3-4-5-6-7-8-9-10-22-11-13-23(14-12-22)24-15-17-25(18-16-24)28-21-26(35-30(31)32)19-20-27(28)29(33)34/h11-21,30H,2-10H2,1H3,(H,33,34)/p-1. The Bertz CT molecular complexity index is 1060. The predicted octanol–water partition coefficient (Wildman–Crippen LogP) is 7.67. The molecule has 3 aromatic carbocycles. The van der Waals surface area contributed by atoms with Gasteiger partial charge in [0.2, 0.25) is 0 Å². The molecule has 0 spiro atoms. The highest BCUT2D eigenvalue weighted by Crippen LogP contribution is 2.31. The fraction of sp³-hybridized carbons (Fsp3) is 0.367. The molecule has 0 bridgehead atoms. The SMILES string of the molecule is CCCCCCCCCCc1ccc(-c2ccc(-c3cc(OC(F)F)ccc3C(=O)[O-])cc2)cc1. The summed E-state index contributed by atoms with van der Waals surface area (Å²) in [6.45, 7) is -0.747. The van der Waals surface area contributed by atoms with E-state index in [0.29, 0.717) is 5.56 Å². The van der Waals surface area contributed by atoms with E-state index in [2.05, 4.69) is 35.9 Å². The van der Waals surface area contributed by atoms with Crippen molar-refractivity contribution in [1.29, 1.82) is 0 Å². The normalized spacial score (nSPS) is 11.1. The summed E-state index contributed by atoms with van der Waals surface area (Å²) in [4.78, 5) is 11.5. The predicted molar refractivity (Wildman–Crippen MR) is 135 cm³/mol. The zero-order valence-corrected chi connectivity index (χ0v) is 20.3. The molecule has 0 aliphatic rings. The van der Waals surface area contributed by atoms with Gasteiger partial charge in [-0.05, 0) is 58.9 Å². The number of carboxylic acid groups (broad SMARTS) is 1. The average Bonchev–Trinajstić information content (AvgIpc) is 2.85. The maximum atomic E-state index is 12.6. The van der Waals surface area contributed by atoms with Gasteiger partial charge in [-0.1, -0.05) is 100 Å². The molecule has 0 saturated carbocycles. The van der Waals surface area contributed by atoms with Crippen molar-refractivity contribution >= 4 is 5.97 Å². The summed E-state index contributed by atoms with van der Waals surface area (Å²) in [7, 11) is 0. The summed E-state index contributed by atoms with van der Waals surface area (Å²) in [5, 5.41) is 11.5. The number of hydrogen-bond donors (Lipinski definition) is 0. The fourth-order valence-corrected chi connectivity index (χ4v) is 4.29. The van der Waals surface area contributed by atoms with E-state index in [0.717, 1.165) is 17.5 Å². The molecule has 0 heterocycles. The van der Waals surface area contributed by atoms with Gasteiger partial charge < -0.3 is 14.6 Å². The van der Waals surface area contributed by atoms with Gasteiger partial charge >= 0.3 is 6.61 Å². The number of carboxylic acids is 1. The molecule has 35 heavy (non-hydrogen) atoms. The van der Waals surface area contributed by atoms with Crippen LogP contribution in [0.2, 0.25) is 0 Å². The van der Waals surface area contributed by atoms with E-state index in [-0.39, 0.29) is 16.9 Å². The lowest BCUT2D eigenvalue weighted by Gasteiger charge is -2.14. The second-order valence-electron chi connectivity index (χ2n) is 8.87. The molecule has 0 unspecified atom stereocenters. The monoisotopic (exact) mass is 479 g/mol. The lowest BCUT2D eigenvalue weighted by molar-refractivity contribution is -0.254. The summed E-state index contributed by atoms with van der Waals surface area (Å²) < 4.78 is 29.6. The van der Waals surface area contributed by atoms with E-state index in [1.54, 1.807) is 12.1 Å². The van der Waals surface area contributed by atoms with Crippen molar-refractivity contribution < 1.29 is 23.4 Å². The number of hydrogen-bond acceptors (Lipinski definition) is 3. The summed E-state index contributed by atoms with van der Waals surface area (Å²) in [5.74, 6) is -1.48. The van der Waals surface area contributed by atoms with Crippen LogP contribution in [-0.2, 0) is 6.42 Å². The number of benzene rings is 3. The molecule has 0 aliphatic carbocycles. The highest BCUT2D eigenvalue weighted by Gasteiger charge is 2.11. The number of unbranched alkanes of at least 4 members (excludes halogenated alkanes) is 7. The number of alkyl halides is 2. The number of carbonyl (C=O) groups excluding carboxylic acids is 1. The molecule has 0 N–H and O–H groups in total. The van der Waals surface area contributed by atoms with Crippen molar-refractivity contribution in [1.82, 2.24) is 0 Å². The van der Waals surface area contributed by atoms with Gasteiger partial charge in [0.05, 0.1) is 5.97 Å². The first-order valence-electron chi connectivity index (χ1n) is 12.5. The number of aryl methyl sites for hydroxylation is 1. The summed E-state index contributed by atoms with van der Waals surface area (Å²) in [6, 6.07) is 19.6. The Kier molecular flexibility index (Phi) is 10.3. The molecule has 3 nitrogen and oxygen atoms in total. The molecule has 3 aromatic rings. The van der Waals surface area contributed by atoms with Crippen molar-refractivity contribution in [2.75, 3.05) is 0 Å². The average molecular weight is 480 g/mol. The molecular formula is C30H33F2O3-. The Morgan fingerprint density at radius 2 is 1.31 bits per heavy atom. The van der Waals surface area contributed by atoms with Crippen molar-refractivity contribution in [2.45, 2.75) is 71.3 Å². The van der Waals surface area contributed by atoms with Gasteiger partial charge in [-0.3, -0.25) is 0 Å². The van der Waals surface area contributed by atoms with E-state index < -0.39 is 12.6 Å². The maximum Gasteiger partial charge on any atom is 0.387 e. The smallest absolute Gasteiger partial charge is 0.387 e. The molecule has 0 aromatic heterocycles. The van der Waals surface area contributed by atoms with E-state index in [1.165, 1.54) is 75.1 Å². The molecule has 0 aliphatic heterocycles. The lowest BCUT2D eigenvalue weighted by Crippen LogP contribution is -2.23. The maximum absolute atomic E-state index is 12.6. The quantitative estimate of drug-likeness (QED) is 0.223. The van der Waals surface area contributed by atoms with Crippen LogP contribution in [0.4, 0.5) is 8.78 Å². The first kappa shape index (κ1) is 26.4. The van der Waals surface area contributed by atoms with Crippen LogP contribution in [-0.4, -0.2) is 12.6 Å². The van der Waals surface area contributed by atoms with Crippen LogP contribution in [0.15, 0.2) is 66.7 Å². The Hall–Kier alpha value is -3.21. The molecule has 0 amide bonds. The summed E-state index contributed by atoms with van der Waals surface area (Å²) >= 11 is 0. The molecule has 0 saturated heterocycles. The van der Waals surface area contributed by atoms with Gasteiger partial charge in [-0.2, -0.15) is 8.78 Å². The minimum absolute atomic E-state index is 0.0790. The van der Waals surface area contributed by atoms with Crippen LogP contribution in [0.25, 0.3) is 22.3 Å². The zero-order valence-electron chi connectivity index (χ0n) is 20.3. The van der Waals surface area contributed by atoms with Crippen molar-refractivity contribution in [3.63, 3.8) is 0 Å².